The van der Waals surface area contributed by atoms with E-state index in [4.69, 9.17) is 0 Å². The molecule has 0 atom stereocenters. The summed E-state index contributed by atoms with van der Waals surface area (Å²) in [6, 6.07) is 7.13. The van der Waals surface area contributed by atoms with Gasteiger partial charge >= 0.3 is 0 Å². The number of carboxylic acid groups (broad SMARTS) is 1. The van der Waals surface area contributed by atoms with Gasteiger partial charge in [0.15, 0.2) is 5.78 Å². The van der Waals surface area contributed by atoms with Crippen LogP contribution in [0, 0.1) is 6.92 Å². The highest BCUT2D eigenvalue weighted by Crippen LogP contribution is 2.08. The molecular formula is C14H15O4-. The third-order valence-electron chi connectivity index (χ3n) is 2.61. The van der Waals surface area contributed by atoms with Crippen LogP contribution in [0.2, 0.25) is 0 Å². The lowest BCUT2D eigenvalue weighted by molar-refractivity contribution is -0.305. The van der Waals surface area contributed by atoms with Crippen molar-refractivity contribution in [2.24, 2.45) is 0 Å². The normalized spacial score (nSPS) is 10.1. The van der Waals surface area contributed by atoms with Crippen LogP contribution in [0.5, 0.6) is 0 Å². The molecule has 96 valence electrons. The first-order valence-electron chi connectivity index (χ1n) is 5.80. The summed E-state index contributed by atoms with van der Waals surface area (Å²) in [5.41, 5.74) is 1.64. The highest BCUT2D eigenvalue weighted by Gasteiger charge is 2.09. The molecule has 0 bridgehead atoms. The maximum absolute atomic E-state index is 11.7. The predicted octanol–water partition coefficient (Wildman–Crippen LogP) is 1.06. The van der Waals surface area contributed by atoms with Crippen molar-refractivity contribution in [1.29, 1.82) is 0 Å². The molecule has 4 nitrogen and oxygen atoms in total. The molecule has 0 spiro atoms. The van der Waals surface area contributed by atoms with Crippen molar-refractivity contribution in [1.82, 2.24) is 0 Å². The van der Waals surface area contributed by atoms with E-state index in [1.54, 1.807) is 12.1 Å². The molecule has 0 aliphatic rings. The third kappa shape index (κ3) is 4.91. The highest BCUT2D eigenvalue weighted by atomic mass is 16.4. The Balaban J connectivity index is 2.39. The van der Waals surface area contributed by atoms with Gasteiger partial charge in [-0.2, -0.15) is 0 Å². The molecular weight excluding hydrogens is 232 g/mol. The molecule has 0 N–H and O–H groups in total. The number of carboxylic acids is 1. The Morgan fingerprint density at radius 2 is 1.50 bits per heavy atom. The van der Waals surface area contributed by atoms with Crippen LogP contribution in [0.15, 0.2) is 24.3 Å². The highest BCUT2D eigenvalue weighted by molar-refractivity contribution is 5.98. The number of hydrogen-bond donors (Lipinski definition) is 0. The van der Waals surface area contributed by atoms with Crippen LogP contribution in [0.25, 0.3) is 0 Å². The molecule has 1 rings (SSSR count). The van der Waals surface area contributed by atoms with Crippen LogP contribution in [0.3, 0.4) is 0 Å². The number of hydrogen-bond acceptors (Lipinski definition) is 4. The molecule has 1 aromatic rings. The molecule has 0 saturated heterocycles. The molecule has 1 aromatic carbocycles. The van der Waals surface area contributed by atoms with Gasteiger partial charge in [0.1, 0.15) is 5.78 Å². The molecule has 0 saturated carbocycles. The van der Waals surface area contributed by atoms with Crippen molar-refractivity contribution >= 4 is 17.5 Å². The fourth-order valence-corrected chi connectivity index (χ4v) is 1.50. The van der Waals surface area contributed by atoms with Crippen molar-refractivity contribution in [3.8, 4) is 0 Å². The topological polar surface area (TPSA) is 74.3 Å². The zero-order valence-electron chi connectivity index (χ0n) is 10.3. The SMILES string of the molecule is Cc1ccc(C(=O)CCC(=O)CCC(=O)[O-])cc1. The Labute approximate surface area is 106 Å². The summed E-state index contributed by atoms with van der Waals surface area (Å²) in [5, 5.41) is 10.2. The van der Waals surface area contributed by atoms with Crippen molar-refractivity contribution in [2.75, 3.05) is 0 Å². The van der Waals surface area contributed by atoms with Crippen molar-refractivity contribution in [3.63, 3.8) is 0 Å². The second-order valence-electron chi connectivity index (χ2n) is 4.20. The van der Waals surface area contributed by atoms with Crippen LogP contribution < -0.4 is 5.11 Å². The van der Waals surface area contributed by atoms with E-state index in [0.717, 1.165) is 5.56 Å². The molecule has 18 heavy (non-hydrogen) atoms. The number of Topliss-reactive ketones (excluding diaryl/α,β-unsaturated/α-hetero) is 2. The van der Waals surface area contributed by atoms with Crippen molar-refractivity contribution in [3.05, 3.63) is 35.4 Å². The van der Waals surface area contributed by atoms with Crippen LogP contribution >= 0.6 is 0 Å². The summed E-state index contributed by atoms with van der Waals surface area (Å²) in [7, 11) is 0. The summed E-state index contributed by atoms with van der Waals surface area (Å²) in [5.74, 6) is -1.57. The molecule has 0 fully saturated rings. The lowest BCUT2D eigenvalue weighted by Gasteiger charge is -2.03. The van der Waals surface area contributed by atoms with Gasteiger partial charge in [0, 0.05) is 30.8 Å². The number of benzene rings is 1. The smallest absolute Gasteiger partial charge is 0.163 e. The molecule has 0 unspecified atom stereocenters. The van der Waals surface area contributed by atoms with Gasteiger partial charge in [0.2, 0.25) is 0 Å². The predicted molar refractivity (Wildman–Crippen MR) is 64.0 cm³/mol. The molecule has 0 radical (unpaired) electrons. The number of carbonyl (C=O) groups excluding carboxylic acids is 3. The first-order chi connectivity index (χ1) is 8.49. The minimum Gasteiger partial charge on any atom is -0.550 e. The Hall–Kier alpha value is -1.97. The maximum atomic E-state index is 11.7. The minimum atomic E-state index is -1.24. The van der Waals surface area contributed by atoms with E-state index in [0.29, 0.717) is 5.56 Å². The third-order valence-corrected chi connectivity index (χ3v) is 2.61. The fraction of sp³-hybridized carbons (Fsp3) is 0.357. The lowest BCUT2D eigenvalue weighted by atomic mass is 10.0. The van der Waals surface area contributed by atoms with Gasteiger partial charge in [0.05, 0.1) is 0 Å². The fourth-order valence-electron chi connectivity index (χ4n) is 1.50. The lowest BCUT2D eigenvalue weighted by Crippen LogP contribution is -2.22. The maximum Gasteiger partial charge on any atom is 0.163 e. The van der Waals surface area contributed by atoms with Gasteiger partial charge in [-0.3, -0.25) is 9.59 Å². The Morgan fingerprint density at radius 1 is 0.944 bits per heavy atom. The minimum absolute atomic E-state index is 0.0660. The van der Waals surface area contributed by atoms with Crippen LogP contribution in [-0.4, -0.2) is 17.5 Å². The second kappa shape index (κ2) is 6.69. The summed E-state index contributed by atoms with van der Waals surface area (Å²) in [6.45, 7) is 1.93. The Bertz CT molecular complexity index is 445. The summed E-state index contributed by atoms with van der Waals surface area (Å²) in [6.07, 6.45) is -0.143. The summed E-state index contributed by atoms with van der Waals surface area (Å²) in [4.78, 5) is 33.2. The van der Waals surface area contributed by atoms with Gasteiger partial charge in [-0.05, 0) is 13.3 Å². The van der Waals surface area contributed by atoms with Crippen LogP contribution in [0.1, 0.15) is 41.6 Å². The van der Waals surface area contributed by atoms with Crippen LogP contribution in [-0.2, 0) is 9.59 Å². The zero-order chi connectivity index (χ0) is 13.5. The largest absolute Gasteiger partial charge is 0.550 e. The second-order valence-corrected chi connectivity index (χ2v) is 4.20. The molecule has 0 amide bonds. The molecule has 0 aliphatic carbocycles. The van der Waals surface area contributed by atoms with E-state index in [2.05, 4.69) is 0 Å². The monoisotopic (exact) mass is 247 g/mol. The van der Waals surface area contributed by atoms with E-state index in [9.17, 15) is 19.5 Å². The van der Waals surface area contributed by atoms with Crippen molar-refractivity contribution < 1.29 is 19.5 Å². The number of ketones is 2. The van der Waals surface area contributed by atoms with Gasteiger partial charge in [-0.1, -0.05) is 29.8 Å². The number of carbonyl (C=O) groups is 3. The average Bonchev–Trinajstić information content (AvgIpc) is 2.34. The number of aryl methyl sites for hydroxylation is 1. The van der Waals surface area contributed by atoms with Gasteiger partial charge < -0.3 is 9.90 Å². The van der Waals surface area contributed by atoms with Gasteiger partial charge in [-0.15, -0.1) is 0 Å². The first kappa shape index (κ1) is 14.1. The Kier molecular flexibility index (Phi) is 5.24. The standard InChI is InChI=1S/C14H16O4/c1-10-2-4-11(5-3-10)13(16)8-6-12(15)7-9-14(17)18/h2-5H,6-9H2,1H3,(H,17,18)/p-1. The van der Waals surface area contributed by atoms with E-state index < -0.39 is 5.97 Å². The van der Waals surface area contributed by atoms with Gasteiger partial charge in [-0.25, -0.2) is 0 Å². The molecule has 4 heteroatoms. The zero-order valence-corrected chi connectivity index (χ0v) is 10.3. The molecule has 0 heterocycles. The van der Waals surface area contributed by atoms with E-state index in [1.807, 2.05) is 19.1 Å². The first-order valence-corrected chi connectivity index (χ1v) is 5.80. The van der Waals surface area contributed by atoms with E-state index in [1.165, 1.54) is 0 Å². The number of rotatable bonds is 7. The van der Waals surface area contributed by atoms with E-state index in [-0.39, 0.29) is 37.2 Å². The summed E-state index contributed by atoms with van der Waals surface area (Å²) < 4.78 is 0. The van der Waals surface area contributed by atoms with Crippen LogP contribution in [0.4, 0.5) is 0 Å². The quantitative estimate of drug-likeness (QED) is 0.675. The number of aliphatic carboxylic acids is 1. The molecule has 0 aromatic heterocycles. The summed E-state index contributed by atoms with van der Waals surface area (Å²) >= 11 is 0. The van der Waals surface area contributed by atoms with Crippen molar-refractivity contribution in [2.45, 2.75) is 32.6 Å². The average molecular weight is 247 g/mol. The van der Waals surface area contributed by atoms with E-state index >= 15 is 0 Å². The van der Waals surface area contributed by atoms with Gasteiger partial charge in [0.25, 0.3) is 0 Å². The molecule has 0 aliphatic heterocycles. The Morgan fingerprint density at radius 3 is 2.06 bits per heavy atom.